The molecule has 0 N–H and O–H groups in total. The molecule has 0 aliphatic carbocycles. The van der Waals surface area contributed by atoms with Crippen LogP contribution in [0, 0.1) is 0 Å². The number of thiophene rings is 1. The molecule has 0 aliphatic heterocycles. The number of hydrogen-bond donors (Lipinski definition) is 0. The minimum atomic E-state index is -3.56. The normalized spacial score (nSPS) is 12.1. The Balaban J connectivity index is 2.65. The lowest BCUT2D eigenvalue weighted by Gasteiger charge is -2.00. The van der Waals surface area contributed by atoms with Crippen molar-refractivity contribution in [2.75, 3.05) is 7.11 Å². The molecule has 0 saturated heterocycles. The molecule has 3 nitrogen and oxygen atoms in total. The van der Waals surface area contributed by atoms with Gasteiger partial charge in [-0.3, -0.25) is 4.18 Å². The summed E-state index contributed by atoms with van der Waals surface area (Å²) in [5, 5.41) is 2.97. The van der Waals surface area contributed by atoms with Crippen molar-refractivity contribution in [1.82, 2.24) is 0 Å². The maximum absolute atomic E-state index is 11.3. The van der Waals surface area contributed by atoms with Gasteiger partial charge in [-0.25, -0.2) is 0 Å². The zero-order valence-electron chi connectivity index (χ0n) is 7.43. The number of benzene rings is 1. The third kappa shape index (κ3) is 1.54. The first-order valence-corrected chi connectivity index (χ1v) is 6.20. The molecule has 2 rings (SSSR count). The fraction of sp³-hybridized carbons (Fsp3) is 0.111. The fourth-order valence-electron chi connectivity index (χ4n) is 1.19. The molecule has 0 fully saturated rings. The van der Waals surface area contributed by atoms with Crippen LogP contribution in [0.3, 0.4) is 0 Å². The molecule has 1 aromatic heterocycles. The second kappa shape index (κ2) is 3.34. The van der Waals surface area contributed by atoms with Crippen LogP contribution in [0.25, 0.3) is 10.1 Å². The average molecular weight is 228 g/mol. The van der Waals surface area contributed by atoms with Gasteiger partial charge < -0.3 is 0 Å². The Bertz CT molecular complexity index is 554. The molecule has 0 radical (unpaired) electrons. The van der Waals surface area contributed by atoms with Crippen molar-refractivity contribution < 1.29 is 12.6 Å². The van der Waals surface area contributed by atoms with E-state index in [4.69, 9.17) is 0 Å². The van der Waals surface area contributed by atoms with Crippen LogP contribution in [0.2, 0.25) is 0 Å². The molecule has 0 spiro atoms. The molecule has 0 atom stereocenters. The van der Waals surface area contributed by atoms with Gasteiger partial charge in [0.1, 0.15) is 0 Å². The maximum atomic E-state index is 11.3. The van der Waals surface area contributed by atoms with Gasteiger partial charge >= 0.3 is 0 Å². The fourth-order valence-corrected chi connectivity index (χ4v) is 2.78. The Morgan fingerprint density at radius 2 is 2.07 bits per heavy atom. The molecule has 1 heterocycles. The van der Waals surface area contributed by atoms with Crippen LogP contribution < -0.4 is 0 Å². The van der Waals surface area contributed by atoms with Crippen molar-refractivity contribution in [3.63, 3.8) is 0 Å². The highest BCUT2D eigenvalue weighted by molar-refractivity contribution is 7.86. The number of fused-ring (bicyclic) bond motifs is 1. The van der Waals surface area contributed by atoms with E-state index in [0.29, 0.717) is 0 Å². The quantitative estimate of drug-likeness (QED) is 0.740. The molecule has 2 aromatic rings. The van der Waals surface area contributed by atoms with Crippen molar-refractivity contribution in [1.29, 1.82) is 0 Å². The lowest BCUT2D eigenvalue weighted by atomic mass is 10.3. The van der Waals surface area contributed by atoms with Crippen LogP contribution in [0.4, 0.5) is 0 Å². The summed E-state index contributed by atoms with van der Waals surface area (Å²) in [6, 6.07) is 6.90. The van der Waals surface area contributed by atoms with E-state index >= 15 is 0 Å². The van der Waals surface area contributed by atoms with Crippen LogP contribution in [-0.4, -0.2) is 15.5 Å². The van der Waals surface area contributed by atoms with E-state index in [2.05, 4.69) is 4.18 Å². The van der Waals surface area contributed by atoms with Crippen molar-refractivity contribution in [3.05, 3.63) is 29.6 Å². The second-order valence-corrected chi connectivity index (χ2v) is 5.40. The summed E-state index contributed by atoms with van der Waals surface area (Å²) in [4.78, 5) is 0.204. The largest absolute Gasteiger partial charge is 0.296 e. The van der Waals surface area contributed by atoms with Crippen molar-refractivity contribution in [2.45, 2.75) is 4.90 Å². The lowest BCUT2D eigenvalue weighted by molar-refractivity contribution is 0.398. The molecule has 0 amide bonds. The first-order chi connectivity index (χ1) is 6.63. The molecule has 5 heteroatoms. The highest BCUT2D eigenvalue weighted by Gasteiger charge is 2.13. The summed E-state index contributed by atoms with van der Waals surface area (Å²) in [5.74, 6) is 0. The van der Waals surface area contributed by atoms with Crippen LogP contribution in [0.15, 0.2) is 34.5 Å². The second-order valence-electron chi connectivity index (χ2n) is 2.74. The predicted molar refractivity (Wildman–Crippen MR) is 56.0 cm³/mol. The van der Waals surface area contributed by atoms with E-state index in [-0.39, 0.29) is 4.90 Å². The van der Waals surface area contributed by atoms with Crippen molar-refractivity contribution >= 4 is 31.5 Å². The summed E-state index contributed by atoms with van der Waals surface area (Å²) in [6.45, 7) is 0. The molecule has 0 bridgehead atoms. The lowest BCUT2D eigenvalue weighted by Crippen LogP contribution is -2.01. The van der Waals surface area contributed by atoms with E-state index in [0.717, 1.165) is 17.2 Å². The molecule has 74 valence electrons. The van der Waals surface area contributed by atoms with Gasteiger partial charge in [0.25, 0.3) is 10.1 Å². The molecule has 14 heavy (non-hydrogen) atoms. The molecular formula is C9H8O3S2. The average Bonchev–Trinajstić information content (AvgIpc) is 2.64. The van der Waals surface area contributed by atoms with E-state index in [1.165, 1.54) is 11.3 Å². The Labute approximate surface area is 86.1 Å². The molecular weight excluding hydrogens is 220 g/mol. The molecule has 0 unspecified atom stereocenters. The molecule has 0 saturated carbocycles. The number of hydrogen-bond acceptors (Lipinski definition) is 4. The monoisotopic (exact) mass is 228 g/mol. The first-order valence-electron chi connectivity index (χ1n) is 3.91. The zero-order chi connectivity index (χ0) is 10.2. The minimum Gasteiger partial charge on any atom is -0.270 e. The Morgan fingerprint density at radius 3 is 2.79 bits per heavy atom. The Kier molecular flexibility index (Phi) is 2.30. The number of rotatable bonds is 2. The van der Waals surface area contributed by atoms with E-state index in [9.17, 15) is 8.42 Å². The topological polar surface area (TPSA) is 43.4 Å². The minimum absolute atomic E-state index is 0.204. The van der Waals surface area contributed by atoms with Gasteiger partial charge in [0.15, 0.2) is 0 Å². The molecule has 1 aromatic carbocycles. The van der Waals surface area contributed by atoms with Gasteiger partial charge in [-0.1, -0.05) is 6.07 Å². The molecule has 0 aliphatic rings. The van der Waals surface area contributed by atoms with E-state index < -0.39 is 10.1 Å². The smallest absolute Gasteiger partial charge is 0.270 e. The van der Waals surface area contributed by atoms with Crippen LogP contribution in [0.5, 0.6) is 0 Å². The summed E-state index contributed by atoms with van der Waals surface area (Å²) in [5.41, 5.74) is 0. The third-order valence-corrected chi connectivity index (χ3v) is 4.09. The first kappa shape index (κ1) is 9.64. The Morgan fingerprint density at radius 1 is 1.29 bits per heavy atom. The van der Waals surface area contributed by atoms with Gasteiger partial charge in [-0.2, -0.15) is 8.42 Å². The third-order valence-electron chi connectivity index (χ3n) is 1.94. The van der Waals surface area contributed by atoms with Crippen molar-refractivity contribution in [3.8, 4) is 0 Å². The van der Waals surface area contributed by atoms with Crippen molar-refractivity contribution in [2.24, 2.45) is 0 Å². The van der Waals surface area contributed by atoms with Gasteiger partial charge in [0.05, 0.1) is 12.0 Å². The summed E-state index contributed by atoms with van der Waals surface area (Å²) in [7, 11) is -2.40. The summed E-state index contributed by atoms with van der Waals surface area (Å²) in [6.07, 6.45) is 0. The SMILES string of the molecule is COS(=O)(=O)c1ccc2ccsc2c1. The van der Waals surface area contributed by atoms with Crippen LogP contribution >= 0.6 is 11.3 Å². The summed E-state index contributed by atoms with van der Waals surface area (Å²) >= 11 is 1.51. The highest BCUT2D eigenvalue weighted by Crippen LogP contribution is 2.24. The Hall–Kier alpha value is -0.910. The van der Waals surface area contributed by atoms with Gasteiger partial charge in [0.2, 0.25) is 0 Å². The van der Waals surface area contributed by atoms with Crippen LogP contribution in [-0.2, 0) is 14.3 Å². The van der Waals surface area contributed by atoms with Gasteiger partial charge in [0, 0.05) is 4.70 Å². The van der Waals surface area contributed by atoms with E-state index in [1.807, 2.05) is 11.4 Å². The van der Waals surface area contributed by atoms with E-state index in [1.54, 1.807) is 18.2 Å². The predicted octanol–water partition coefficient (Wildman–Crippen LogP) is 2.24. The zero-order valence-corrected chi connectivity index (χ0v) is 9.06. The summed E-state index contributed by atoms with van der Waals surface area (Å²) < 4.78 is 28.1. The van der Waals surface area contributed by atoms with Crippen LogP contribution in [0.1, 0.15) is 0 Å². The standard InChI is InChI=1S/C9H8O3S2/c1-12-14(10,11)8-3-2-7-4-5-13-9(7)6-8/h2-6H,1H3. The maximum Gasteiger partial charge on any atom is 0.296 e. The van der Waals surface area contributed by atoms with Gasteiger partial charge in [-0.15, -0.1) is 11.3 Å². The highest BCUT2D eigenvalue weighted by atomic mass is 32.2. The van der Waals surface area contributed by atoms with Gasteiger partial charge in [-0.05, 0) is 29.0 Å².